The molecule has 2 rings (SSSR count). The second-order valence-electron chi connectivity index (χ2n) is 3.26. The van der Waals surface area contributed by atoms with E-state index in [0.29, 0.717) is 0 Å². The Morgan fingerprint density at radius 2 is 2.13 bits per heavy atom. The monoisotopic (exact) mass is 215 g/mol. The minimum Gasteiger partial charge on any atom is -0.224 e. The van der Waals surface area contributed by atoms with Crippen molar-refractivity contribution in [3.63, 3.8) is 0 Å². The molecule has 0 amide bonds. The Morgan fingerprint density at radius 1 is 1.33 bits per heavy atom. The van der Waals surface area contributed by atoms with Gasteiger partial charge in [0.25, 0.3) is 0 Å². The lowest BCUT2D eigenvalue weighted by atomic mass is 10.2. The van der Waals surface area contributed by atoms with E-state index in [4.69, 9.17) is 5.26 Å². The Hall–Kier alpha value is -1.73. The van der Waals surface area contributed by atoms with Crippen molar-refractivity contribution >= 4 is 11.3 Å². The number of aryl methyl sites for hydroxylation is 2. The number of aromatic nitrogens is 2. The molecule has 2 heterocycles. The molecule has 0 saturated carbocycles. The lowest BCUT2D eigenvalue weighted by molar-refractivity contribution is 1.07. The summed E-state index contributed by atoms with van der Waals surface area (Å²) in [6, 6.07) is 5.92. The Labute approximate surface area is 92.1 Å². The SMILES string of the molecule is Cc1cc(-c2sccc2C)nc(C#N)n1. The van der Waals surface area contributed by atoms with Crippen LogP contribution in [0.25, 0.3) is 10.6 Å². The van der Waals surface area contributed by atoms with Crippen molar-refractivity contribution < 1.29 is 0 Å². The molecule has 3 nitrogen and oxygen atoms in total. The zero-order valence-electron chi connectivity index (χ0n) is 8.48. The maximum absolute atomic E-state index is 8.78. The number of hydrogen-bond donors (Lipinski definition) is 0. The van der Waals surface area contributed by atoms with Crippen LogP contribution < -0.4 is 0 Å². The highest BCUT2D eigenvalue weighted by Crippen LogP contribution is 2.27. The number of nitrogens with zero attached hydrogens (tertiary/aromatic N) is 3. The Kier molecular flexibility index (Phi) is 2.48. The first kappa shape index (κ1) is 9.81. The van der Waals surface area contributed by atoms with Gasteiger partial charge in [0.05, 0.1) is 10.6 Å². The number of nitriles is 1. The van der Waals surface area contributed by atoms with E-state index in [1.165, 1.54) is 5.56 Å². The average Bonchev–Trinajstić information content (AvgIpc) is 2.63. The van der Waals surface area contributed by atoms with Crippen LogP contribution in [0.5, 0.6) is 0 Å². The molecule has 0 aliphatic rings. The zero-order chi connectivity index (χ0) is 10.8. The van der Waals surface area contributed by atoms with Gasteiger partial charge in [-0.2, -0.15) is 5.26 Å². The first-order valence-electron chi connectivity index (χ1n) is 4.51. The standard InChI is InChI=1S/C11H9N3S/c1-7-3-4-15-11(7)9-5-8(2)13-10(6-12)14-9/h3-5H,1-2H3. The highest BCUT2D eigenvalue weighted by Gasteiger charge is 2.07. The Bertz CT molecular complexity index is 537. The molecule has 0 saturated heterocycles. The molecule has 2 aromatic rings. The zero-order valence-corrected chi connectivity index (χ0v) is 9.30. The highest BCUT2D eigenvalue weighted by molar-refractivity contribution is 7.13. The lowest BCUT2D eigenvalue weighted by Crippen LogP contribution is -1.94. The molecule has 0 fully saturated rings. The summed E-state index contributed by atoms with van der Waals surface area (Å²) in [5.41, 5.74) is 2.85. The third-order valence-electron chi connectivity index (χ3n) is 2.05. The van der Waals surface area contributed by atoms with Crippen molar-refractivity contribution in [3.8, 4) is 16.6 Å². The summed E-state index contributed by atoms with van der Waals surface area (Å²) in [6.07, 6.45) is 0. The van der Waals surface area contributed by atoms with Crippen molar-refractivity contribution in [2.45, 2.75) is 13.8 Å². The van der Waals surface area contributed by atoms with Gasteiger partial charge in [0.15, 0.2) is 0 Å². The molecule has 15 heavy (non-hydrogen) atoms. The molecule has 2 aromatic heterocycles. The quantitative estimate of drug-likeness (QED) is 0.734. The summed E-state index contributed by atoms with van der Waals surface area (Å²) in [5.74, 6) is 0.234. The van der Waals surface area contributed by atoms with Crippen LogP contribution in [0, 0.1) is 25.2 Å². The topological polar surface area (TPSA) is 49.6 Å². The summed E-state index contributed by atoms with van der Waals surface area (Å²) in [7, 11) is 0. The molecule has 0 aliphatic heterocycles. The molecule has 74 valence electrons. The van der Waals surface area contributed by atoms with Gasteiger partial charge >= 0.3 is 0 Å². The molecule has 0 radical (unpaired) electrons. The van der Waals surface area contributed by atoms with Gasteiger partial charge < -0.3 is 0 Å². The molecule has 0 N–H and O–H groups in total. The van der Waals surface area contributed by atoms with E-state index in [9.17, 15) is 0 Å². The predicted molar refractivity (Wildman–Crippen MR) is 59.5 cm³/mol. The normalized spacial score (nSPS) is 9.93. The van der Waals surface area contributed by atoms with E-state index in [1.54, 1.807) is 11.3 Å². The van der Waals surface area contributed by atoms with E-state index in [2.05, 4.69) is 9.97 Å². The minimum atomic E-state index is 0.234. The maximum Gasteiger partial charge on any atom is 0.233 e. The van der Waals surface area contributed by atoms with Gasteiger partial charge in [0.2, 0.25) is 5.82 Å². The first-order chi connectivity index (χ1) is 7.20. The lowest BCUT2D eigenvalue weighted by Gasteiger charge is -2.00. The van der Waals surface area contributed by atoms with Gasteiger partial charge in [-0.3, -0.25) is 0 Å². The van der Waals surface area contributed by atoms with Crippen molar-refractivity contribution in [1.82, 2.24) is 9.97 Å². The van der Waals surface area contributed by atoms with Crippen LogP contribution in [0.1, 0.15) is 17.1 Å². The van der Waals surface area contributed by atoms with Crippen molar-refractivity contribution in [3.05, 3.63) is 34.6 Å². The van der Waals surface area contributed by atoms with Gasteiger partial charge in [-0.15, -0.1) is 11.3 Å². The average molecular weight is 215 g/mol. The van der Waals surface area contributed by atoms with Crippen LogP contribution in [0.15, 0.2) is 17.5 Å². The van der Waals surface area contributed by atoms with E-state index in [1.807, 2.05) is 37.4 Å². The van der Waals surface area contributed by atoms with Crippen molar-refractivity contribution in [2.75, 3.05) is 0 Å². The molecule has 0 aromatic carbocycles. The molecule has 4 heteroatoms. The van der Waals surface area contributed by atoms with Gasteiger partial charge in [-0.1, -0.05) is 0 Å². The molecule has 0 bridgehead atoms. The van der Waals surface area contributed by atoms with Crippen LogP contribution in [-0.2, 0) is 0 Å². The molecule has 0 atom stereocenters. The molecular weight excluding hydrogens is 206 g/mol. The van der Waals surface area contributed by atoms with Gasteiger partial charge in [-0.25, -0.2) is 9.97 Å². The predicted octanol–water partition coefficient (Wildman–Crippen LogP) is 2.69. The summed E-state index contributed by atoms with van der Waals surface area (Å²) >= 11 is 1.63. The summed E-state index contributed by atoms with van der Waals surface area (Å²) in [4.78, 5) is 9.33. The van der Waals surface area contributed by atoms with Crippen molar-refractivity contribution in [2.24, 2.45) is 0 Å². The third kappa shape index (κ3) is 1.88. The van der Waals surface area contributed by atoms with Crippen molar-refractivity contribution in [1.29, 1.82) is 5.26 Å². The molecule has 0 spiro atoms. The number of rotatable bonds is 1. The fraction of sp³-hybridized carbons (Fsp3) is 0.182. The Balaban J connectivity index is 2.59. The molecular formula is C11H9N3S. The maximum atomic E-state index is 8.78. The molecule has 0 aliphatic carbocycles. The Morgan fingerprint density at radius 3 is 2.73 bits per heavy atom. The largest absolute Gasteiger partial charge is 0.233 e. The second-order valence-corrected chi connectivity index (χ2v) is 4.18. The summed E-state index contributed by atoms with van der Waals surface area (Å²) in [6.45, 7) is 3.91. The van der Waals surface area contributed by atoms with E-state index < -0.39 is 0 Å². The van der Waals surface area contributed by atoms with E-state index in [0.717, 1.165) is 16.3 Å². The van der Waals surface area contributed by atoms with E-state index >= 15 is 0 Å². The smallest absolute Gasteiger partial charge is 0.224 e. The van der Waals surface area contributed by atoms with Crippen LogP contribution in [-0.4, -0.2) is 9.97 Å². The summed E-state index contributed by atoms with van der Waals surface area (Å²) in [5, 5.41) is 10.8. The summed E-state index contributed by atoms with van der Waals surface area (Å²) < 4.78 is 0. The molecule has 0 unspecified atom stereocenters. The van der Waals surface area contributed by atoms with Crippen LogP contribution in [0.4, 0.5) is 0 Å². The van der Waals surface area contributed by atoms with Crippen LogP contribution in [0.2, 0.25) is 0 Å². The number of thiophene rings is 1. The fourth-order valence-electron chi connectivity index (χ4n) is 1.37. The first-order valence-corrected chi connectivity index (χ1v) is 5.39. The second kappa shape index (κ2) is 3.79. The third-order valence-corrected chi connectivity index (χ3v) is 3.09. The van der Waals surface area contributed by atoms with E-state index in [-0.39, 0.29) is 5.82 Å². The van der Waals surface area contributed by atoms with Gasteiger partial charge in [0, 0.05) is 5.69 Å². The van der Waals surface area contributed by atoms with Gasteiger partial charge in [0.1, 0.15) is 6.07 Å². The highest BCUT2D eigenvalue weighted by atomic mass is 32.1. The fourth-order valence-corrected chi connectivity index (χ4v) is 2.26. The van der Waals surface area contributed by atoms with Gasteiger partial charge in [-0.05, 0) is 36.9 Å². The van der Waals surface area contributed by atoms with Crippen LogP contribution >= 0.6 is 11.3 Å². The van der Waals surface area contributed by atoms with Crippen LogP contribution in [0.3, 0.4) is 0 Å². The minimum absolute atomic E-state index is 0.234. The number of hydrogen-bond acceptors (Lipinski definition) is 4.